The van der Waals surface area contributed by atoms with Crippen LogP contribution in [0.3, 0.4) is 0 Å². The summed E-state index contributed by atoms with van der Waals surface area (Å²) < 4.78 is 3.21. The van der Waals surface area contributed by atoms with Gasteiger partial charge in [-0.1, -0.05) is 98.1 Å². The molecule has 1 fully saturated rings. The molecule has 1 aromatic carbocycles. The van der Waals surface area contributed by atoms with Gasteiger partial charge in [-0.15, -0.1) is 0 Å². The molecule has 1 aromatic rings. The number of carbonyl (C=O) groups excluding carboxylic acids is 5. The summed E-state index contributed by atoms with van der Waals surface area (Å²) in [6, 6.07) is 5.71. The number of benzene rings is 1. The monoisotopic (exact) mass is 644 g/mol. The first-order valence-electron chi connectivity index (χ1n) is 13.8. The van der Waals surface area contributed by atoms with Gasteiger partial charge in [-0.2, -0.15) is 0 Å². The Bertz CT molecular complexity index is 1130. The van der Waals surface area contributed by atoms with Gasteiger partial charge in [0.05, 0.1) is 5.92 Å². The lowest BCUT2D eigenvalue weighted by atomic mass is 9.94. The van der Waals surface area contributed by atoms with Crippen molar-refractivity contribution in [1.82, 2.24) is 21.3 Å². The standard InChI is InChI=1S/C29H39Cl3N4O6/c1-17(2)24-28(41)33-19(4)26(39)35-22(15-20-11-7-5-8-12-20)27(40)34-21(18(3)25(38)36-24)13-9-6-10-14-23(37)42-16-29(30,31)32/h5-9,11-12,17-19,21-22,24H,10,13-16H2,1-4H3,(H,33,41)(H,34,40)(H,35,39)(H,36,38)/b9-6-/t18-,19+,21+,22+,24+/m0/s1. The molecule has 232 valence electrons. The molecule has 0 bridgehead atoms. The Morgan fingerprint density at radius 1 is 0.905 bits per heavy atom. The van der Waals surface area contributed by atoms with E-state index in [0.29, 0.717) is 6.42 Å². The van der Waals surface area contributed by atoms with Gasteiger partial charge in [-0.05, 0) is 31.2 Å². The molecule has 0 radical (unpaired) electrons. The molecule has 13 heteroatoms. The summed E-state index contributed by atoms with van der Waals surface area (Å²) >= 11 is 16.8. The van der Waals surface area contributed by atoms with E-state index in [-0.39, 0.29) is 31.8 Å². The zero-order chi connectivity index (χ0) is 31.4. The Labute approximate surface area is 261 Å². The summed E-state index contributed by atoms with van der Waals surface area (Å²) in [5.41, 5.74) is 0.822. The SMILES string of the molecule is CC(C)[C@H]1NC(=O)[C@@H](C)[C@@H](C/C=C\CCC(=O)OCC(Cl)(Cl)Cl)NC(=O)[C@@H](Cc2ccccc2)NC(=O)[C@@H](C)NC1=O. The second-order valence-electron chi connectivity index (χ2n) is 10.6. The van der Waals surface area contributed by atoms with Crippen molar-refractivity contribution < 1.29 is 28.7 Å². The number of alkyl halides is 3. The predicted molar refractivity (Wildman–Crippen MR) is 162 cm³/mol. The third-order valence-electron chi connectivity index (χ3n) is 6.73. The van der Waals surface area contributed by atoms with E-state index in [1.165, 1.54) is 6.92 Å². The molecule has 42 heavy (non-hydrogen) atoms. The highest BCUT2D eigenvalue weighted by Gasteiger charge is 2.34. The van der Waals surface area contributed by atoms with Gasteiger partial charge in [-0.3, -0.25) is 24.0 Å². The molecule has 4 N–H and O–H groups in total. The van der Waals surface area contributed by atoms with E-state index in [4.69, 9.17) is 39.5 Å². The van der Waals surface area contributed by atoms with Crippen LogP contribution in [-0.2, 0) is 35.1 Å². The van der Waals surface area contributed by atoms with E-state index in [1.807, 2.05) is 30.3 Å². The molecule has 4 amide bonds. The van der Waals surface area contributed by atoms with E-state index in [0.717, 1.165) is 5.56 Å². The first kappa shape index (κ1) is 35.4. The van der Waals surface area contributed by atoms with E-state index < -0.39 is 63.5 Å². The van der Waals surface area contributed by atoms with Gasteiger partial charge in [-0.25, -0.2) is 0 Å². The molecule has 0 aliphatic carbocycles. The number of amides is 4. The number of hydrogen-bond donors (Lipinski definition) is 4. The number of rotatable bonds is 9. The number of hydrogen-bond acceptors (Lipinski definition) is 6. The smallest absolute Gasteiger partial charge is 0.306 e. The molecule has 0 unspecified atom stereocenters. The predicted octanol–water partition coefficient (Wildman–Crippen LogP) is 3.13. The number of carbonyl (C=O) groups is 5. The molecular formula is C29H39Cl3N4O6. The molecule has 1 heterocycles. The second kappa shape index (κ2) is 16.7. The topological polar surface area (TPSA) is 143 Å². The van der Waals surface area contributed by atoms with Crippen LogP contribution in [0.15, 0.2) is 42.5 Å². The molecule has 1 aliphatic rings. The van der Waals surface area contributed by atoms with Crippen LogP contribution < -0.4 is 21.3 Å². The molecule has 0 spiro atoms. The second-order valence-corrected chi connectivity index (χ2v) is 13.2. The highest BCUT2D eigenvalue weighted by molar-refractivity contribution is 6.67. The largest absolute Gasteiger partial charge is 0.461 e. The number of ether oxygens (including phenoxy) is 1. The Hall–Kier alpha value is -2.82. The fourth-order valence-corrected chi connectivity index (χ4v) is 4.36. The highest BCUT2D eigenvalue weighted by Crippen LogP contribution is 2.26. The zero-order valence-electron chi connectivity index (χ0n) is 24.1. The molecule has 5 atom stereocenters. The van der Waals surface area contributed by atoms with Crippen molar-refractivity contribution >= 4 is 64.4 Å². The lowest BCUT2D eigenvalue weighted by molar-refractivity contribution is -0.143. The summed E-state index contributed by atoms with van der Waals surface area (Å²) in [6.45, 7) is 6.38. The normalized spacial score (nSPS) is 24.5. The van der Waals surface area contributed by atoms with Crippen molar-refractivity contribution in [3.8, 4) is 0 Å². The summed E-state index contributed by atoms with van der Waals surface area (Å²) in [6.07, 6.45) is 4.27. The van der Waals surface area contributed by atoms with Gasteiger partial charge in [0.15, 0.2) is 0 Å². The van der Waals surface area contributed by atoms with Crippen molar-refractivity contribution in [2.45, 2.75) is 81.3 Å². The van der Waals surface area contributed by atoms with Crippen molar-refractivity contribution in [3.05, 3.63) is 48.0 Å². The molecule has 1 saturated heterocycles. The Morgan fingerprint density at radius 2 is 1.57 bits per heavy atom. The Kier molecular flexibility index (Phi) is 14.1. The van der Waals surface area contributed by atoms with Crippen LogP contribution >= 0.6 is 34.8 Å². The zero-order valence-corrected chi connectivity index (χ0v) is 26.4. The quantitative estimate of drug-likeness (QED) is 0.185. The van der Waals surface area contributed by atoms with Crippen LogP contribution in [0.2, 0.25) is 0 Å². The average Bonchev–Trinajstić information content (AvgIpc) is 2.92. The van der Waals surface area contributed by atoms with Crippen molar-refractivity contribution in [1.29, 1.82) is 0 Å². The van der Waals surface area contributed by atoms with Crippen LogP contribution in [0.1, 0.15) is 52.5 Å². The van der Waals surface area contributed by atoms with Crippen LogP contribution in [0, 0.1) is 11.8 Å². The lowest BCUT2D eigenvalue weighted by Crippen LogP contribution is -2.56. The van der Waals surface area contributed by atoms with Crippen LogP contribution in [0.4, 0.5) is 0 Å². The van der Waals surface area contributed by atoms with Gasteiger partial charge in [0.25, 0.3) is 0 Å². The van der Waals surface area contributed by atoms with Crippen LogP contribution in [0.25, 0.3) is 0 Å². The van der Waals surface area contributed by atoms with E-state index in [1.54, 1.807) is 32.9 Å². The summed E-state index contributed by atoms with van der Waals surface area (Å²) in [5, 5.41) is 11.1. The van der Waals surface area contributed by atoms with Gasteiger partial charge in [0, 0.05) is 18.9 Å². The van der Waals surface area contributed by atoms with Crippen molar-refractivity contribution in [2.75, 3.05) is 6.61 Å². The maximum Gasteiger partial charge on any atom is 0.306 e. The lowest BCUT2D eigenvalue weighted by Gasteiger charge is -2.28. The van der Waals surface area contributed by atoms with E-state index >= 15 is 0 Å². The van der Waals surface area contributed by atoms with Crippen LogP contribution in [0.5, 0.6) is 0 Å². The highest BCUT2D eigenvalue weighted by atomic mass is 35.6. The summed E-state index contributed by atoms with van der Waals surface area (Å²) in [5.74, 6) is -3.47. The van der Waals surface area contributed by atoms with Gasteiger partial charge in [0.1, 0.15) is 24.7 Å². The maximum atomic E-state index is 13.5. The summed E-state index contributed by atoms with van der Waals surface area (Å²) in [7, 11) is 0. The van der Waals surface area contributed by atoms with Gasteiger partial charge < -0.3 is 26.0 Å². The van der Waals surface area contributed by atoms with Gasteiger partial charge >= 0.3 is 5.97 Å². The van der Waals surface area contributed by atoms with Crippen molar-refractivity contribution in [2.24, 2.45) is 11.8 Å². The average molecular weight is 646 g/mol. The summed E-state index contributed by atoms with van der Waals surface area (Å²) in [4.78, 5) is 64.8. The fraction of sp³-hybridized carbons (Fsp3) is 0.552. The van der Waals surface area contributed by atoms with Crippen LogP contribution in [-0.4, -0.2) is 64.2 Å². The van der Waals surface area contributed by atoms with E-state index in [2.05, 4.69) is 21.3 Å². The molecular weight excluding hydrogens is 607 g/mol. The Balaban J connectivity index is 2.26. The number of halogens is 3. The number of allylic oxidation sites excluding steroid dienone is 1. The minimum absolute atomic E-state index is 0.0405. The van der Waals surface area contributed by atoms with Crippen molar-refractivity contribution in [3.63, 3.8) is 0 Å². The molecule has 10 nitrogen and oxygen atoms in total. The first-order chi connectivity index (χ1) is 19.7. The molecule has 2 rings (SSSR count). The molecule has 0 saturated carbocycles. The minimum atomic E-state index is -1.70. The number of nitrogens with one attached hydrogen (secondary N) is 4. The molecule has 1 aliphatic heterocycles. The number of esters is 1. The first-order valence-corrected chi connectivity index (χ1v) is 14.9. The fourth-order valence-electron chi connectivity index (χ4n) is 4.19. The van der Waals surface area contributed by atoms with E-state index in [9.17, 15) is 24.0 Å². The van der Waals surface area contributed by atoms with Gasteiger partial charge in [0.2, 0.25) is 27.4 Å². The Morgan fingerprint density at radius 3 is 2.19 bits per heavy atom. The third-order valence-corrected chi connectivity index (χ3v) is 7.06. The minimum Gasteiger partial charge on any atom is -0.461 e. The molecule has 0 aromatic heterocycles. The maximum absolute atomic E-state index is 13.5. The third kappa shape index (κ3) is 12.2.